The zero-order chi connectivity index (χ0) is 20.1. The van der Waals surface area contributed by atoms with Crippen LogP contribution in [0.15, 0.2) is 56.9 Å². The molecular weight excluding hydrogens is 446 g/mol. The average molecular weight is 466 g/mol. The van der Waals surface area contributed by atoms with Crippen LogP contribution in [0.25, 0.3) is 0 Å². The highest BCUT2D eigenvalue weighted by atomic mass is 79.9. The first-order chi connectivity index (χ1) is 13.4. The molecule has 148 valence electrons. The van der Waals surface area contributed by atoms with Gasteiger partial charge in [0.2, 0.25) is 10.0 Å². The lowest BCUT2D eigenvalue weighted by Crippen LogP contribution is -2.35. The van der Waals surface area contributed by atoms with Crippen LogP contribution in [0, 0.1) is 0 Å². The molecule has 1 fully saturated rings. The van der Waals surface area contributed by atoms with E-state index in [1.165, 1.54) is 40.9 Å². The van der Waals surface area contributed by atoms with Gasteiger partial charge in [-0.05, 0) is 55.3 Å². The van der Waals surface area contributed by atoms with Crippen molar-refractivity contribution in [1.29, 1.82) is 0 Å². The molecular formula is C19H20BrN3O4S. The minimum absolute atomic E-state index is 0.0356. The number of hydrazone groups is 1. The average Bonchev–Trinajstić information content (AvgIpc) is 2.71. The number of phenols is 1. The summed E-state index contributed by atoms with van der Waals surface area (Å²) < 4.78 is 27.5. The van der Waals surface area contributed by atoms with E-state index in [0.29, 0.717) is 18.7 Å². The van der Waals surface area contributed by atoms with Crippen LogP contribution in [0.1, 0.15) is 35.2 Å². The van der Waals surface area contributed by atoms with E-state index >= 15 is 0 Å². The van der Waals surface area contributed by atoms with Gasteiger partial charge in [-0.25, -0.2) is 13.8 Å². The smallest absolute Gasteiger partial charge is 0.271 e. The number of aromatic hydroxyl groups is 1. The van der Waals surface area contributed by atoms with E-state index in [9.17, 15) is 18.3 Å². The van der Waals surface area contributed by atoms with E-state index in [1.807, 2.05) is 0 Å². The maximum absolute atomic E-state index is 12.6. The van der Waals surface area contributed by atoms with Crippen molar-refractivity contribution in [2.45, 2.75) is 24.2 Å². The number of nitrogens with one attached hydrogen (secondary N) is 1. The molecule has 28 heavy (non-hydrogen) atoms. The molecule has 0 saturated carbocycles. The predicted octanol–water partition coefficient (Wildman–Crippen LogP) is 3.09. The molecule has 0 aromatic heterocycles. The molecule has 7 nitrogen and oxygen atoms in total. The number of sulfonamides is 1. The molecule has 0 atom stereocenters. The van der Waals surface area contributed by atoms with E-state index in [-0.39, 0.29) is 16.2 Å². The summed E-state index contributed by atoms with van der Waals surface area (Å²) in [6, 6.07) is 10.6. The molecule has 1 aliphatic rings. The zero-order valence-corrected chi connectivity index (χ0v) is 17.4. The lowest BCUT2D eigenvalue weighted by molar-refractivity contribution is 0.0955. The van der Waals surface area contributed by atoms with Crippen molar-refractivity contribution in [2.75, 3.05) is 13.1 Å². The lowest BCUT2D eigenvalue weighted by Gasteiger charge is -2.25. The van der Waals surface area contributed by atoms with Crippen LogP contribution in [-0.2, 0) is 10.0 Å². The SMILES string of the molecule is O=C(NN=Cc1cc(Br)ccc1O)c1ccc(S(=O)(=O)N2CCCCC2)cc1. The molecule has 1 heterocycles. The Hall–Kier alpha value is -2.23. The first kappa shape index (κ1) is 20.5. The van der Waals surface area contributed by atoms with Gasteiger partial charge in [0, 0.05) is 28.7 Å². The summed E-state index contributed by atoms with van der Waals surface area (Å²) in [5.41, 5.74) is 3.09. The van der Waals surface area contributed by atoms with E-state index in [4.69, 9.17) is 0 Å². The highest BCUT2D eigenvalue weighted by Crippen LogP contribution is 2.21. The van der Waals surface area contributed by atoms with Crippen molar-refractivity contribution >= 4 is 38.1 Å². The molecule has 1 amide bonds. The molecule has 1 aliphatic heterocycles. The largest absolute Gasteiger partial charge is 0.507 e. The van der Waals surface area contributed by atoms with Gasteiger partial charge in [-0.3, -0.25) is 4.79 Å². The number of hydrogen-bond donors (Lipinski definition) is 2. The van der Waals surface area contributed by atoms with Gasteiger partial charge in [-0.1, -0.05) is 22.4 Å². The molecule has 0 radical (unpaired) electrons. The number of amides is 1. The van der Waals surface area contributed by atoms with Crippen molar-refractivity contribution in [3.8, 4) is 5.75 Å². The Morgan fingerprint density at radius 1 is 1.11 bits per heavy atom. The van der Waals surface area contributed by atoms with Gasteiger partial charge >= 0.3 is 0 Å². The fraction of sp³-hybridized carbons (Fsp3) is 0.263. The van der Waals surface area contributed by atoms with Gasteiger partial charge in [0.15, 0.2) is 0 Å². The number of carbonyl (C=O) groups is 1. The summed E-state index contributed by atoms with van der Waals surface area (Å²) in [4.78, 5) is 12.4. The normalized spacial score (nSPS) is 15.6. The summed E-state index contributed by atoms with van der Waals surface area (Å²) >= 11 is 3.29. The minimum atomic E-state index is -3.53. The number of halogens is 1. The Labute approximate surface area is 172 Å². The molecule has 0 spiro atoms. The number of nitrogens with zero attached hydrogens (tertiary/aromatic N) is 2. The van der Waals surface area contributed by atoms with Gasteiger partial charge in [0.1, 0.15) is 5.75 Å². The first-order valence-electron chi connectivity index (χ1n) is 8.80. The van der Waals surface area contributed by atoms with Gasteiger partial charge in [-0.15, -0.1) is 0 Å². The van der Waals surface area contributed by atoms with Crippen LogP contribution in [0.5, 0.6) is 5.75 Å². The number of carbonyl (C=O) groups excluding carboxylic acids is 1. The van der Waals surface area contributed by atoms with Crippen LogP contribution in [0.2, 0.25) is 0 Å². The number of hydrogen-bond acceptors (Lipinski definition) is 5. The lowest BCUT2D eigenvalue weighted by atomic mass is 10.2. The van der Waals surface area contributed by atoms with Crippen LogP contribution in [0.3, 0.4) is 0 Å². The van der Waals surface area contributed by atoms with E-state index in [2.05, 4.69) is 26.5 Å². The summed E-state index contributed by atoms with van der Waals surface area (Å²) in [6.07, 6.45) is 4.10. The molecule has 1 saturated heterocycles. The van der Waals surface area contributed by atoms with Crippen molar-refractivity contribution in [2.24, 2.45) is 5.10 Å². The highest BCUT2D eigenvalue weighted by molar-refractivity contribution is 9.10. The summed E-state index contributed by atoms with van der Waals surface area (Å²) in [5, 5.41) is 13.6. The predicted molar refractivity (Wildman–Crippen MR) is 110 cm³/mol. The molecule has 0 bridgehead atoms. The fourth-order valence-electron chi connectivity index (χ4n) is 2.89. The van der Waals surface area contributed by atoms with Crippen LogP contribution in [0.4, 0.5) is 0 Å². The third-order valence-corrected chi connectivity index (χ3v) is 6.83. The second-order valence-corrected chi connectivity index (χ2v) is 9.24. The second kappa shape index (κ2) is 8.85. The van der Waals surface area contributed by atoms with Crippen molar-refractivity contribution < 1.29 is 18.3 Å². The molecule has 2 aromatic carbocycles. The highest BCUT2D eigenvalue weighted by Gasteiger charge is 2.25. The molecule has 3 rings (SSSR count). The third-order valence-electron chi connectivity index (χ3n) is 4.43. The zero-order valence-electron chi connectivity index (χ0n) is 15.0. The van der Waals surface area contributed by atoms with E-state index < -0.39 is 15.9 Å². The summed E-state index contributed by atoms with van der Waals surface area (Å²) in [5.74, 6) is -0.443. The molecule has 0 unspecified atom stereocenters. The Morgan fingerprint density at radius 2 is 1.79 bits per heavy atom. The van der Waals surface area contributed by atoms with Crippen LogP contribution < -0.4 is 5.43 Å². The first-order valence-corrected chi connectivity index (χ1v) is 11.0. The van der Waals surface area contributed by atoms with Crippen LogP contribution >= 0.6 is 15.9 Å². The van der Waals surface area contributed by atoms with Gasteiger partial charge in [-0.2, -0.15) is 9.41 Å². The van der Waals surface area contributed by atoms with Crippen LogP contribution in [-0.4, -0.2) is 43.0 Å². The number of rotatable bonds is 5. The van der Waals surface area contributed by atoms with E-state index in [1.54, 1.807) is 12.1 Å². The maximum atomic E-state index is 12.6. The van der Waals surface area contributed by atoms with Crippen molar-refractivity contribution in [1.82, 2.24) is 9.73 Å². The molecule has 2 aromatic rings. The molecule has 0 aliphatic carbocycles. The van der Waals surface area contributed by atoms with Crippen molar-refractivity contribution in [3.05, 3.63) is 58.1 Å². The number of piperidine rings is 1. The Balaban J connectivity index is 1.66. The minimum Gasteiger partial charge on any atom is -0.507 e. The maximum Gasteiger partial charge on any atom is 0.271 e. The molecule has 2 N–H and O–H groups in total. The van der Waals surface area contributed by atoms with Gasteiger partial charge in [0.25, 0.3) is 5.91 Å². The Morgan fingerprint density at radius 3 is 2.46 bits per heavy atom. The van der Waals surface area contributed by atoms with Crippen molar-refractivity contribution in [3.63, 3.8) is 0 Å². The van der Waals surface area contributed by atoms with E-state index in [0.717, 1.165) is 23.7 Å². The quantitative estimate of drug-likeness (QED) is 0.523. The molecule has 9 heteroatoms. The summed E-state index contributed by atoms with van der Waals surface area (Å²) in [6.45, 7) is 1.06. The van der Waals surface area contributed by atoms with Gasteiger partial charge < -0.3 is 5.11 Å². The Kier molecular flexibility index (Phi) is 6.48. The standard InChI is InChI=1S/C19H20BrN3O4S/c20-16-6-9-18(24)15(12-16)13-21-22-19(25)14-4-7-17(8-5-14)28(26,27)23-10-2-1-3-11-23/h4-9,12-13,24H,1-3,10-11H2,(H,22,25). The monoisotopic (exact) mass is 465 g/mol. The third kappa shape index (κ3) is 4.78. The topological polar surface area (TPSA) is 99.1 Å². The second-order valence-electron chi connectivity index (χ2n) is 6.39. The summed E-state index contributed by atoms with van der Waals surface area (Å²) in [7, 11) is -3.53. The Bertz CT molecular complexity index is 985. The van der Waals surface area contributed by atoms with Gasteiger partial charge in [0.05, 0.1) is 11.1 Å². The number of benzene rings is 2. The fourth-order valence-corrected chi connectivity index (χ4v) is 4.78. The number of phenolic OH excluding ortho intramolecular Hbond substituents is 1.